The molecule has 0 saturated carbocycles. The van der Waals surface area contributed by atoms with Gasteiger partial charge in [-0.2, -0.15) is 0 Å². The Kier molecular flexibility index (Phi) is 8.18. The van der Waals surface area contributed by atoms with E-state index in [-0.39, 0.29) is 0 Å². The Labute approximate surface area is 142 Å². The number of rotatable bonds is 3. The maximum atomic E-state index is 8.58. The summed E-state index contributed by atoms with van der Waals surface area (Å²) in [5.41, 5.74) is 1.84. The van der Waals surface area contributed by atoms with E-state index in [1.54, 1.807) is 24.3 Å². The molecular formula is C15H18BBr2NO2. The van der Waals surface area contributed by atoms with Crippen LogP contribution in [0.15, 0.2) is 51.7 Å². The van der Waals surface area contributed by atoms with Gasteiger partial charge in [-0.15, -0.1) is 0 Å². The number of hydrogen-bond acceptors (Lipinski definition) is 3. The third kappa shape index (κ3) is 7.22. The minimum absolute atomic E-state index is 0.525. The van der Waals surface area contributed by atoms with E-state index in [4.69, 9.17) is 10.0 Å². The molecule has 0 saturated heterocycles. The molecule has 0 radical (unpaired) electrons. The van der Waals surface area contributed by atoms with Crippen molar-refractivity contribution in [2.45, 2.75) is 20.3 Å². The van der Waals surface area contributed by atoms with Gasteiger partial charge in [-0.3, -0.25) is 0 Å². The first-order valence-corrected chi connectivity index (χ1v) is 8.19. The molecule has 21 heavy (non-hydrogen) atoms. The highest BCUT2D eigenvalue weighted by Crippen LogP contribution is 2.21. The second kappa shape index (κ2) is 9.36. The van der Waals surface area contributed by atoms with Gasteiger partial charge in [0, 0.05) is 10.7 Å². The van der Waals surface area contributed by atoms with Gasteiger partial charge in [-0.05, 0) is 61.3 Å². The molecule has 1 heterocycles. The lowest BCUT2D eigenvalue weighted by Gasteiger charge is -2.06. The number of pyridine rings is 1. The van der Waals surface area contributed by atoms with Crippen LogP contribution in [0.5, 0.6) is 0 Å². The van der Waals surface area contributed by atoms with Gasteiger partial charge < -0.3 is 10.0 Å². The van der Waals surface area contributed by atoms with Gasteiger partial charge in [0.25, 0.3) is 0 Å². The van der Waals surface area contributed by atoms with E-state index in [0.29, 0.717) is 11.4 Å². The van der Waals surface area contributed by atoms with Crippen LogP contribution in [-0.2, 0) is 6.42 Å². The molecule has 0 bridgehead atoms. The van der Waals surface area contributed by atoms with Crippen LogP contribution in [0.1, 0.15) is 19.4 Å². The van der Waals surface area contributed by atoms with Crippen molar-refractivity contribution in [3.63, 3.8) is 0 Å². The second-order valence-electron chi connectivity index (χ2n) is 4.98. The van der Waals surface area contributed by atoms with Crippen LogP contribution in [0.25, 0.3) is 0 Å². The average Bonchev–Trinajstić information content (AvgIpc) is 2.44. The van der Waals surface area contributed by atoms with E-state index < -0.39 is 7.12 Å². The van der Waals surface area contributed by atoms with Crippen LogP contribution < -0.4 is 5.46 Å². The molecule has 2 aromatic rings. The molecule has 2 N–H and O–H groups in total. The van der Waals surface area contributed by atoms with Crippen LogP contribution in [-0.4, -0.2) is 22.2 Å². The molecule has 0 unspecified atom stereocenters. The van der Waals surface area contributed by atoms with Gasteiger partial charge >= 0.3 is 7.12 Å². The highest BCUT2D eigenvalue weighted by Gasteiger charge is 2.07. The molecule has 0 spiro atoms. The molecule has 2 rings (SSSR count). The van der Waals surface area contributed by atoms with E-state index in [2.05, 4.69) is 56.8 Å². The summed E-state index contributed by atoms with van der Waals surface area (Å²) in [6.07, 6.45) is 2.92. The van der Waals surface area contributed by atoms with Crippen molar-refractivity contribution in [3.05, 3.63) is 57.2 Å². The molecule has 0 aliphatic carbocycles. The van der Waals surface area contributed by atoms with Gasteiger partial charge in [0.05, 0.1) is 0 Å². The molecule has 0 atom stereocenters. The van der Waals surface area contributed by atoms with Crippen LogP contribution in [0.2, 0.25) is 0 Å². The predicted octanol–water partition coefficient (Wildman–Crippen LogP) is 3.17. The lowest BCUT2D eigenvalue weighted by atomic mass is 9.81. The summed E-state index contributed by atoms with van der Waals surface area (Å²) < 4.78 is 2.00. The minimum Gasteiger partial charge on any atom is -0.423 e. The zero-order valence-electron chi connectivity index (χ0n) is 12.0. The molecule has 0 amide bonds. The monoisotopic (exact) mass is 413 g/mol. The van der Waals surface area contributed by atoms with Crippen LogP contribution in [0.3, 0.4) is 0 Å². The zero-order chi connectivity index (χ0) is 15.8. The Morgan fingerprint density at radius 2 is 1.76 bits per heavy atom. The largest absolute Gasteiger partial charge is 0.488 e. The van der Waals surface area contributed by atoms with Gasteiger partial charge in [0.15, 0.2) is 0 Å². The number of aromatic nitrogens is 1. The number of nitrogens with zero attached hydrogens (tertiary/aromatic N) is 1. The third-order valence-corrected chi connectivity index (χ3v) is 3.77. The fourth-order valence-corrected chi connectivity index (χ4v) is 2.43. The average molecular weight is 415 g/mol. The fourth-order valence-electron chi connectivity index (χ4n) is 1.67. The Morgan fingerprint density at radius 3 is 2.24 bits per heavy atom. The summed E-state index contributed by atoms with van der Waals surface area (Å²) >= 11 is 6.83. The van der Waals surface area contributed by atoms with Gasteiger partial charge in [-0.1, -0.05) is 44.2 Å². The summed E-state index contributed by atoms with van der Waals surface area (Å²) in [5.74, 6) is 0.676. The molecule has 0 fully saturated rings. The van der Waals surface area contributed by atoms with Gasteiger partial charge in [0.2, 0.25) is 0 Å². The smallest absolute Gasteiger partial charge is 0.423 e. The Morgan fingerprint density at radius 1 is 1.14 bits per heavy atom. The first-order valence-electron chi connectivity index (χ1n) is 6.61. The summed E-state index contributed by atoms with van der Waals surface area (Å²) in [7, 11) is -1.34. The van der Waals surface area contributed by atoms with Gasteiger partial charge in [-0.25, -0.2) is 4.98 Å². The maximum Gasteiger partial charge on any atom is 0.488 e. The van der Waals surface area contributed by atoms with Gasteiger partial charge in [0.1, 0.15) is 4.60 Å². The quantitative estimate of drug-likeness (QED) is 0.599. The minimum atomic E-state index is -1.34. The maximum absolute atomic E-state index is 8.58. The van der Waals surface area contributed by atoms with E-state index >= 15 is 0 Å². The van der Waals surface area contributed by atoms with Crippen molar-refractivity contribution in [2.75, 3.05) is 0 Å². The summed E-state index contributed by atoms with van der Waals surface area (Å²) in [4.78, 5) is 4.12. The van der Waals surface area contributed by atoms with Crippen LogP contribution in [0, 0.1) is 5.92 Å². The van der Waals surface area contributed by atoms with Crippen molar-refractivity contribution >= 4 is 44.4 Å². The SMILES string of the molecule is CC(C)Cc1cc(Br)ncc1Br.OB(O)c1ccccc1. The molecule has 0 aliphatic heterocycles. The van der Waals surface area contributed by atoms with Crippen molar-refractivity contribution in [2.24, 2.45) is 5.92 Å². The van der Waals surface area contributed by atoms with Crippen LogP contribution in [0.4, 0.5) is 0 Å². The molecule has 0 aliphatic rings. The molecular weight excluding hydrogens is 397 g/mol. The van der Waals surface area contributed by atoms with Crippen molar-refractivity contribution in [1.29, 1.82) is 0 Å². The fraction of sp³-hybridized carbons (Fsp3) is 0.267. The molecule has 3 nitrogen and oxygen atoms in total. The van der Waals surface area contributed by atoms with Crippen molar-refractivity contribution in [3.8, 4) is 0 Å². The normalized spacial score (nSPS) is 10.0. The summed E-state index contributed by atoms with van der Waals surface area (Å²) in [5, 5.41) is 17.2. The first kappa shape index (κ1) is 18.4. The standard InChI is InChI=1S/C9H11Br2N.C6H7BO2/c1-6(2)3-7-4-9(11)12-5-8(7)10;8-7(9)6-4-2-1-3-5-6/h4-6H,3H2,1-2H3;1-5,8-9H. The molecule has 112 valence electrons. The molecule has 1 aromatic heterocycles. The zero-order valence-corrected chi connectivity index (χ0v) is 15.2. The lowest BCUT2D eigenvalue weighted by molar-refractivity contribution is 0.426. The van der Waals surface area contributed by atoms with E-state index in [9.17, 15) is 0 Å². The highest BCUT2D eigenvalue weighted by molar-refractivity contribution is 9.11. The molecule has 6 heteroatoms. The topological polar surface area (TPSA) is 53.4 Å². The Balaban J connectivity index is 0.000000219. The van der Waals surface area contributed by atoms with Crippen molar-refractivity contribution < 1.29 is 10.0 Å². The Hall–Kier alpha value is -0.685. The summed E-state index contributed by atoms with van der Waals surface area (Å²) in [6.45, 7) is 4.42. The summed E-state index contributed by atoms with van der Waals surface area (Å²) in [6, 6.07) is 10.7. The third-order valence-electron chi connectivity index (χ3n) is 2.63. The van der Waals surface area contributed by atoms with E-state index in [1.165, 1.54) is 5.56 Å². The highest BCUT2D eigenvalue weighted by atomic mass is 79.9. The van der Waals surface area contributed by atoms with E-state index in [0.717, 1.165) is 15.5 Å². The van der Waals surface area contributed by atoms with Crippen LogP contribution >= 0.6 is 31.9 Å². The number of benzene rings is 1. The van der Waals surface area contributed by atoms with Crippen molar-refractivity contribution in [1.82, 2.24) is 4.98 Å². The number of hydrogen-bond donors (Lipinski definition) is 2. The Bertz CT molecular complexity index is 551. The van der Waals surface area contributed by atoms with E-state index in [1.807, 2.05) is 12.3 Å². The predicted molar refractivity (Wildman–Crippen MR) is 94.4 cm³/mol. The second-order valence-corrected chi connectivity index (χ2v) is 6.65. The lowest BCUT2D eigenvalue weighted by Crippen LogP contribution is -2.29. The first-order chi connectivity index (χ1) is 9.90. The number of halogens is 2. The molecule has 1 aromatic carbocycles.